The molecular weight excluding hydrogens is 290 g/mol. The minimum atomic E-state index is -0.427. The lowest BCUT2D eigenvalue weighted by molar-refractivity contribution is -0.380. The third-order valence-electron chi connectivity index (χ3n) is 3.03. The molecule has 3 aromatic rings. The molecule has 3 rings (SSSR count). The number of hydrogen-bond donors (Lipinski definition) is 1. The zero-order valence-corrected chi connectivity index (χ0v) is 11.9. The van der Waals surface area contributed by atoms with Crippen LogP contribution in [0.2, 0.25) is 0 Å². The monoisotopic (exact) mass is 301 g/mol. The van der Waals surface area contributed by atoms with E-state index in [0.717, 1.165) is 22.5 Å². The maximum absolute atomic E-state index is 10.8. The van der Waals surface area contributed by atoms with Gasteiger partial charge in [0.2, 0.25) is 5.88 Å². The lowest BCUT2D eigenvalue weighted by Gasteiger charge is -2.02. The van der Waals surface area contributed by atoms with E-state index in [1.807, 2.05) is 31.2 Å². The molecule has 2 heterocycles. The van der Waals surface area contributed by atoms with Gasteiger partial charge in [0.25, 0.3) is 0 Å². The van der Waals surface area contributed by atoms with Gasteiger partial charge in [-0.3, -0.25) is 10.1 Å². The van der Waals surface area contributed by atoms with Gasteiger partial charge in [0.05, 0.1) is 15.4 Å². The number of nitrogens with two attached hydrogens (primary N) is 1. The van der Waals surface area contributed by atoms with Gasteiger partial charge in [-0.05, 0) is 18.6 Å². The summed E-state index contributed by atoms with van der Waals surface area (Å²) >= 11 is 1.04. The van der Waals surface area contributed by atoms with Crippen molar-refractivity contribution in [1.82, 2.24) is 5.16 Å². The predicted molar refractivity (Wildman–Crippen MR) is 81.1 cm³/mol. The van der Waals surface area contributed by atoms with Gasteiger partial charge in [-0.25, -0.2) is 0 Å². The van der Waals surface area contributed by atoms with Crippen LogP contribution in [-0.2, 0) is 0 Å². The van der Waals surface area contributed by atoms with Crippen molar-refractivity contribution in [3.8, 4) is 21.7 Å². The zero-order valence-electron chi connectivity index (χ0n) is 11.1. The molecule has 21 heavy (non-hydrogen) atoms. The van der Waals surface area contributed by atoms with Crippen LogP contribution >= 0.6 is 11.3 Å². The van der Waals surface area contributed by atoms with E-state index in [1.165, 1.54) is 6.07 Å². The van der Waals surface area contributed by atoms with E-state index < -0.39 is 4.92 Å². The fraction of sp³-hybridized carbons (Fsp3) is 0.0714. The molecule has 0 aliphatic heterocycles. The van der Waals surface area contributed by atoms with E-state index in [1.54, 1.807) is 6.07 Å². The minimum absolute atomic E-state index is 0.0572. The topological polar surface area (TPSA) is 95.2 Å². The van der Waals surface area contributed by atoms with Crippen LogP contribution in [0.25, 0.3) is 21.7 Å². The fourth-order valence-corrected chi connectivity index (χ4v) is 2.91. The van der Waals surface area contributed by atoms with Gasteiger partial charge in [-0.2, -0.15) is 0 Å². The fourth-order valence-electron chi connectivity index (χ4n) is 2.10. The third-order valence-corrected chi connectivity index (χ3v) is 4.07. The van der Waals surface area contributed by atoms with Crippen molar-refractivity contribution in [1.29, 1.82) is 0 Å². The second-order valence-electron chi connectivity index (χ2n) is 4.53. The number of anilines is 1. The van der Waals surface area contributed by atoms with Crippen LogP contribution in [0.3, 0.4) is 0 Å². The van der Waals surface area contributed by atoms with Crippen molar-refractivity contribution in [2.24, 2.45) is 0 Å². The van der Waals surface area contributed by atoms with Crippen LogP contribution < -0.4 is 5.73 Å². The van der Waals surface area contributed by atoms with Crippen LogP contribution in [0.15, 0.2) is 40.9 Å². The van der Waals surface area contributed by atoms with Gasteiger partial charge in [0.1, 0.15) is 5.69 Å². The van der Waals surface area contributed by atoms with Crippen molar-refractivity contribution in [2.45, 2.75) is 6.92 Å². The molecule has 2 N–H and O–H groups in total. The first kappa shape index (κ1) is 13.3. The van der Waals surface area contributed by atoms with Crippen molar-refractivity contribution < 1.29 is 9.45 Å². The van der Waals surface area contributed by atoms with Crippen LogP contribution in [0.5, 0.6) is 0 Å². The third kappa shape index (κ3) is 2.38. The van der Waals surface area contributed by atoms with Gasteiger partial charge < -0.3 is 10.3 Å². The summed E-state index contributed by atoms with van der Waals surface area (Å²) in [4.78, 5) is 11.0. The smallest absolute Gasteiger partial charge is 0.324 e. The van der Waals surface area contributed by atoms with Crippen molar-refractivity contribution >= 4 is 22.2 Å². The van der Waals surface area contributed by atoms with Crippen molar-refractivity contribution in [3.63, 3.8) is 0 Å². The number of hydrogen-bond acceptors (Lipinski definition) is 6. The zero-order chi connectivity index (χ0) is 15.0. The van der Waals surface area contributed by atoms with Gasteiger partial charge in [-0.1, -0.05) is 46.3 Å². The largest absolute Gasteiger partial charge is 0.367 e. The quantitative estimate of drug-likeness (QED) is 0.585. The summed E-state index contributed by atoms with van der Waals surface area (Å²) in [7, 11) is 0. The average Bonchev–Trinajstić information content (AvgIpc) is 3.05. The van der Waals surface area contributed by atoms with Gasteiger partial charge in [0.15, 0.2) is 0 Å². The lowest BCUT2D eigenvalue weighted by Crippen LogP contribution is -1.87. The molecule has 1 aromatic carbocycles. The molecule has 0 bridgehead atoms. The molecule has 2 aromatic heterocycles. The Bertz CT molecular complexity index is 822. The number of nitrogen functional groups attached to an aromatic ring is 1. The van der Waals surface area contributed by atoms with E-state index in [0.29, 0.717) is 16.1 Å². The molecule has 0 aliphatic rings. The van der Waals surface area contributed by atoms with E-state index in [-0.39, 0.29) is 10.9 Å². The highest BCUT2D eigenvalue weighted by Gasteiger charge is 2.21. The predicted octanol–water partition coefficient (Wildman–Crippen LogP) is 3.87. The van der Waals surface area contributed by atoms with Crippen molar-refractivity contribution in [3.05, 3.63) is 52.1 Å². The summed E-state index contributed by atoms with van der Waals surface area (Å²) in [5, 5.41) is 14.8. The van der Waals surface area contributed by atoms with Crippen LogP contribution in [0.4, 0.5) is 10.9 Å². The molecule has 0 amide bonds. The second-order valence-corrected chi connectivity index (χ2v) is 5.60. The molecule has 0 fully saturated rings. The van der Waals surface area contributed by atoms with Crippen LogP contribution in [0.1, 0.15) is 5.56 Å². The Morgan fingerprint density at radius 3 is 2.81 bits per heavy atom. The highest BCUT2D eigenvalue weighted by atomic mass is 32.1. The number of aryl methyl sites for hydroxylation is 1. The molecule has 106 valence electrons. The maximum Gasteiger partial charge on any atom is 0.324 e. The first-order chi connectivity index (χ1) is 10.1. The van der Waals surface area contributed by atoms with Gasteiger partial charge in [-0.15, -0.1) is 0 Å². The lowest BCUT2D eigenvalue weighted by atomic mass is 10.0. The summed E-state index contributed by atoms with van der Waals surface area (Å²) in [6, 6.07) is 10.9. The Morgan fingerprint density at radius 2 is 2.14 bits per heavy atom. The standard InChI is InChI=1S/C14H11N3O3S/c1-8-3-2-4-9(7-8)12-13(16-20-14(12)15)10-5-6-11(21-10)17(18)19/h2-7H,15H2,1H3. The van der Waals surface area contributed by atoms with Crippen LogP contribution in [-0.4, -0.2) is 10.1 Å². The Balaban J connectivity index is 2.14. The number of thiophene rings is 1. The van der Waals surface area contributed by atoms with E-state index in [2.05, 4.69) is 5.16 Å². The van der Waals surface area contributed by atoms with E-state index >= 15 is 0 Å². The number of benzene rings is 1. The molecule has 0 saturated heterocycles. The summed E-state index contributed by atoms with van der Waals surface area (Å²) in [5.74, 6) is 0.201. The summed E-state index contributed by atoms with van der Waals surface area (Å²) in [6.45, 7) is 1.98. The highest BCUT2D eigenvalue weighted by molar-refractivity contribution is 7.18. The Labute approximate surface area is 124 Å². The number of nitro groups is 1. The Morgan fingerprint density at radius 1 is 1.33 bits per heavy atom. The minimum Gasteiger partial charge on any atom is -0.367 e. The van der Waals surface area contributed by atoms with Crippen LogP contribution in [0, 0.1) is 17.0 Å². The summed E-state index contributed by atoms with van der Waals surface area (Å²) in [5.41, 5.74) is 9.01. The van der Waals surface area contributed by atoms with Gasteiger partial charge >= 0.3 is 5.00 Å². The molecule has 6 nitrogen and oxygen atoms in total. The summed E-state index contributed by atoms with van der Waals surface area (Å²) in [6.07, 6.45) is 0. The summed E-state index contributed by atoms with van der Waals surface area (Å²) < 4.78 is 5.08. The molecule has 7 heteroatoms. The molecule has 0 unspecified atom stereocenters. The number of rotatable bonds is 3. The maximum atomic E-state index is 10.8. The van der Waals surface area contributed by atoms with Gasteiger partial charge in [0, 0.05) is 6.07 Å². The van der Waals surface area contributed by atoms with Crippen molar-refractivity contribution in [2.75, 3.05) is 5.73 Å². The average molecular weight is 301 g/mol. The van der Waals surface area contributed by atoms with E-state index in [4.69, 9.17) is 10.3 Å². The highest BCUT2D eigenvalue weighted by Crippen LogP contribution is 2.40. The van der Waals surface area contributed by atoms with E-state index in [9.17, 15) is 10.1 Å². The second kappa shape index (κ2) is 5.02. The molecule has 0 aliphatic carbocycles. The first-order valence-corrected chi connectivity index (χ1v) is 6.94. The molecule has 0 radical (unpaired) electrons. The SMILES string of the molecule is Cc1cccc(-c2c(-c3ccc([N+](=O)[O-])s3)noc2N)c1. The molecule has 0 atom stereocenters. The molecule has 0 spiro atoms. The molecular formula is C14H11N3O3S. The molecule has 0 saturated carbocycles. The Kier molecular flexibility index (Phi) is 3.19. The first-order valence-electron chi connectivity index (χ1n) is 6.13. The number of aromatic nitrogens is 1. The Hall–Kier alpha value is -2.67. The number of nitrogens with zero attached hydrogens (tertiary/aromatic N) is 2. The normalized spacial score (nSPS) is 10.7.